The third kappa shape index (κ3) is 3.33. The lowest BCUT2D eigenvalue weighted by molar-refractivity contribution is -0.143. The summed E-state index contributed by atoms with van der Waals surface area (Å²) in [6.45, 7) is 2.27. The van der Waals surface area contributed by atoms with Crippen molar-refractivity contribution < 1.29 is 9.53 Å². The Balaban J connectivity index is 1.61. The lowest BCUT2D eigenvalue weighted by Gasteiger charge is -2.02. The zero-order valence-electron chi connectivity index (χ0n) is 14.8. The van der Waals surface area contributed by atoms with Crippen molar-refractivity contribution in [3.8, 4) is 11.3 Å². The van der Waals surface area contributed by atoms with E-state index in [0.717, 1.165) is 22.2 Å². The molecule has 0 atom stereocenters. The number of carbonyl (C=O) groups is 1. The molecule has 1 aromatic heterocycles. The maximum atomic E-state index is 11.5. The normalized spacial score (nSPS) is 11.1. The average molecular weight is 343 g/mol. The predicted octanol–water partition coefficient (Wildman–Crippen LogP) is 5.48. The quantitative estimate of drug-likeness (QED) is 0.487. The topological polar surface area (TPSA) is 42.1 Å². The molecular formula is C23H21NO2. The maximum Gasteiger partial charge on any atom is 0.306 e. The van der Waals surface area contributed by atoms with Gasteiger partial charge in [-0.2, -0.15) is 0 Å². The number of nitrogens with one attached hydrogen (secondary N) is 1. The molecular weight excluding hydrogens is 322 g/mol. The van der Waals surface area contributed by atoms with Crippen LogP contribution in [-0.4, -0.2) is 17.6 Å². The largest absolute Gasteiger partial charge is 0.466 e. The highest BCUT2D eigenvalue weighted by Crippen LogP contribution is 2.28. The fourth-order valence-electron chi connectivity index (χ4n) is 3.33. The molecule has 4 aromatic rings. The second-order valence-corrected chi connectivity index (χ2v) is 6.47. The zero-order chi connectivity index (χ0) is 17.9. The summed E-state index contributed by atoms with van der Waals surface area (Å²) in [5.74, 6) is -0.140. The first-order valence-corrected chi connectivity index (χ1v) is 8.99. The zero-order valence-corrected chi connectivity index (χ0v) is 14.8. The van der Waals surface area contributed by atoms with Crippen LogP contribution >= 0.6 is 0 Å². The molecule has 0 amide bonds. The first kappa shape index (κ1) is 16.4. The summed E-state index contributed by atoms with van der Waals surface area (Å²) >= 11 is 0. The van der Waals surface area contributed by atoms with Gasteiger partial charge in [0.1, 0.15) is 0 Å². The van der Waals surface area contributed by atoms with Crippen molar-refractivity contribution in [1.82, 2.24) is 4.98 Å². The van der Waals surface area contributed by atoms with E-state index in [9.17, 15) is 4.79 Å². The van der Waals surface area contributed by atoms with Crippen molar-refractivity contribution in [2.45, 2.75) is 19.8 Å². The molecule has 1 heterocycles. The van der Waals surface area contributed by atoms with Crippen molar-refractivity contribution in [3.05, 3.63) is 72.3 Å². The maximum absolute atomic E-state index is 11.5. The van der Waals surface area contributed by atoms with E-state index in [0.29, 0.717) is 19.4 Å². The highest BCUT2D eigenvalue weighted by molar-refractivity contribution is 5.90. The summed E-state index contributed by atoms with van der Waals surface area (Å²) < 4.78 is 5.00. The molecule has 0 saturated heterocycles. The summed E-state index contributed by atoms with van der Waals surface area (Å²) in [5.41, 5.74) is 4.53. The summed E-state index contributed by atoms with van der Waals surface area (Å²) in [4.78, 5) is 15.0. The number of carbonyl (C=O) groups excluding carboxylic acids is 1. The van der Waals surface area contributed by atoms with E-state index in [1.165, 1.54) is 16.3 Å². The van der Waals surface area contributed by atoms with Gasteiger partial charge < -0.3 is 9.72 Å². The molecule has 0 saturated carbocycles. The van der Waals surface area contributed by atoms with Crippen LogP contribution in [0.2, 0.25) is 0 Å². The van der Waals surface area contributed by atoms with Gasteiger partial charge in [-0.1, -0.05) is 42.5 Å². The molecule has 0 bridgehead atoms. The van der Waals surface area contributed by atoms with Crippen LogP contribution in [0.25, 0.3) is 32.9 Å². The van der Waals surface area contributed by atoms with E-state index < -0.39 is 0 Å². The van der Waals surface area contributed by atoms with Crippen LogP contribution in [0, 0.1) is 0 Å². The molecule has 4 rings (SSSR count). The Kier molecular flexibility index (Phi) is 4.44. The Morgan fingerprint density at radius 3 is 2.62 bits per heavy atom. The van der Waals surface area contributed by atoms with Crippen LogP contribution < -0.4 is 0 Å². The molecule has 0 unspecified atom stereocenters. The standard InChI is InChI=1S/C23H21NO2/c1-2-26-23(25)12-8-16-7-11-21-20(13-16)15-22(24-21)19-10-9-17-5-3-4-6-18(17)14-19/h3-7,9-11,13-15,24H,2,8,12H2,1H3. The fraction of sp³-hybridized carbons (Fsp3) is 0.174. The van der Waals surface area contributed by atoms with Crippen molar-refractivity contribution in [1.29, 1.82) is 0 Å². The molecule has 0 aliphatic carbocycles. The summed E-state index contributed by atoms with van der Waals surface area (Å²) in [7, 11) is 0. The highest BCUT2D eigenvalue weighted by atomic mass is 16.5. The van der Waals surface area contributed by atoms with E-state index in [2.05, 4.69) is 71.7 Å². The molecule has 0 spiro atoms. The molecule has 3 nitrogen and oxygen atoms in total. The number of aryl methyl sites for hydroxylation is 1. The van der Waals surface area contributed by atoms with Crippen LogP contribution in [0.15, 0.2) is 66.7 Å². The van der Waals surface area contributed by atoms with Crippen molar-refractivity contribution in [3.63, 3.8) is 0 Å². The van der Waals surface area contributed by atoms with Gasteiger partial charge in [-0.25, -0.2) is 0 Å². The Hall–Kier alpha value is -3.07. The number of H-pyrrole nitrogens is 1. The van der Waals surface area contributed by atoms with Crippen LogP contribution in [0.1, 0.15) is 18.9 Å². The second kappa shape index (κ2) is 7.04. The minimum Gasteiger partial charge on any atom is -0.466 e. The Labute approximate surface area is 152 Å². The van der Waals surface area contributed by atoms with Gasteiger partial charge in [-0.15, -0.1) is 0 Å². The van der Waals surface area contributed by atoms with Gasteiger partial charge in [0.2, 0.25) is 0 Å². The number of rotatable bonds is 5. The van der Waals surface area contributed by atoms with Gasteiger partial charge in [0.25, 0.3) is 0 Å². The summed E-state index contributed by atoms with van der Waals surface area (Å²) in [6, 6.07) is 23.4. The Morgan fingerprint density at radius 2 is 1.77 bits per heavy atom. The number of aromatic amines is 1. The van der Waals surface area contributed by atoms with Gasteiger partial charge in [-0.05, 0) is 59.5 Å². The number of hydrogen-bond donors (Lipinski definition) is 1. The molecule has 3 heteroatoms. The minimum atomic E-state index is -0.140. The Bertz CT molecular complexity index is 1080. The number of aromatic nitrogens is 1. The highest BCUT2D eigenvalue weighted by Gasteiger charge is 2.07. The molecule has 26 heavy (non-hydrogen) atoms. The first-order valence-electron chi connectivity index (χ1n) is 8.99. The van der Waals surface area contributed by atoms with Gasteiger partial charge in [0, 0.05) is 23.0 Å². The fourth-order valence-corrected chi connectivity index (χ4v) is 3.33. The SMILES string of the molecule is CCOC(=O)CCc1ccc2[nH]c(-c3ccc4ccccc4c3)cc2c1. The molecule has 3 aromatic carbocycles. The third-order valence-electron chi connectivity index (χ3n) is 4.67. The summed E-state index contributed by atoms with van der Waals surface area (Å²) in [5, 5.41) is 3.64. The van der Waals surface area contributed by atoms with Crippen LogP contribution in [0.4, 0.5) is 0 Å². The predicted molar refractivity (Wildman–Crippen MR) is 106 cm³/mol. The van der Waals surface area contributed by atoms with Crippen LogP contribution in [0.5, 0.6) is 0 Å². The van der Waals surface area contributed by atoms with E-state index >= 15 is 0 Å². The number of hydrogen-bond acceptors (Lipinski definition) is 2. The molecule has 130 valence electrons. The van der Waals surface area contributed by atoms with Crippen LogP contribution in [-0.2, 0) is 16.0 Å². The molecule has 0 fully saturated rings. The summed E-state index contributed by atoms with van der Waals surface area (Å²) in [6.07, 6.45) is 1.12. The van der Waals surface area contributed by atoms with Gasteiger partial charge in [0.05, 0.1) is 6.61 Å². The van der Waals surface area contributed by atoms with E-state index in [4.69, 9.17) is 4.74 Å². The van der Waals surface area contributed by atoms with Crippen molar-refractivity contribution in [2.24, 2.45) is 0 Å². The first-order chi connectivity index (χ1) is 12.7. The molecule has 0 radical (unpaired) electrons. The molecule has 1 N–H and O–H groups in total. The lowest BCUT2D eigenvalue weighted by Crippen LogP contribution is -2.04. The van der Waals surface area contributed by atoms with Crippen molar-refractivity contribution >= 4 is 27.6 Å². The van der Waals surface area contributed by atoms with Gasteiger partial charge in [0.15, 0.2) is 0 Å². The molecule has 0 aliphatic heterocycles. The van der Waals surface area contributed by atoms with E-state index in [1.54, 1.807) is 0 Å². The smallest absolute Gasteiger partial charge is 0.306 e. The monoisotopic (exact) mass is 343 g/mol. The van der Waals surface area contributed by atoms with E-state index in [1.807, 2.05) is 6.92 Å². The number of esters is 1. The van der Waals surface area contributed by atoms with Gasteiger partial charge in [-0.3, -0.25) is 4.79 Å². The third-order valence-corrected chi connectivity index (χ3v) is 4.67. The van der Waals surface area contributed by atoms with E-state index in [-0.39, 0.29) is 5.97 Å². The van der Waals surface area contributed by atoms with Crippen LogP contribution in [0.3, 0.4) is 0 Å². The number of benzene rings is 3. The Morgan fingerprint density at radius 1 is 0.923 bits per heavy atom. The number of fused-ring (bicyclic) bond motifs is 2. The minimum absolute atomic E-state index is 0.140. The van der Waals surface area contributed by atoms with Crippen molar-refractivity contribution in [2.75, 3.05) is 6.61 Å². The molecule has 0 aliphatic rings. The average Bonchev–Trinajstić information content (AvgIpc) is 3.09. The van der Waals surface area contributed by atoms with Gasteiger partial charge >= 0.3 is 5.97 Å². The second-order valence-electron chi connectivity index (χ2n) is 6.47. The number of ether oxygens (including phenoxy) is 1. The lowest BCUT2D eigenvalue weighted by atomic mass is 10.0.